The van der Waals surface area contributed by atoms with Gasteiger partial charge < -0.3 is 0 Å². The van der Waals surface area contributed by atoms with Crippen molar-refractivity contribution in [3.63, 3.8) is 0 Å². The Hall–Kier alpha value is -0.500. The van der Waals surface area contributed by atoms with Crippen molar-refractivity contribution in [2.45, 2.75) is 18.7 Å². The molecule has 59 valence electrons. The van der Waals surface area contributed by atoms with Crippen molar-refractivity contribution in [3.05, 3.63) is 30.4 Å². The first kappa shape index (κ1) is 8.60. The number of hydrogen-bond donors (Lipinski definition) is 0. The van der Waals surface area contributed by atoms with Crippen molar-refractivity contribution in [2.75, 3.05) is 5.75 Å². The van der Waals surface area contributed by atoms with Crippen LogP contribution in [-0.2, 0) is 0 Å². The summed E-state index contributed by atoms with van der Waals surface area (Å²) in [7, 11) is 0. The smallest absolute Gasteiger partial charge is 0.0278 e. The maximum Gasteiger partial charge on any atom is 0.0278 e. The maximum absolute atomic E-state index is 3.95. The van der Waals surface area contributed by atoms with Crippen LogP contribution in [0.3, 0.4) is 0 Å². The Balaban J connectivity index is 2.39. The second kappa shape index (κ2) is 4.39. The molecular formula is C9H12NS. The van der Waals surface area contributed by atoms with Gasteiger partial charge in [-0.3, -0.25) is 4.98 Å². The molecular weight excluding hydrogens is 154 g/mol. The van der Waals surface area contributed by atoms with Gasteiger partial charge in [-0.1, -0.05) is 13.8 Å². The lowest BCUT2D eigenvalue weighted by molar-refractivity contribution is 1.11. The summed E-state index contributed by atoms with van der Waals surface area (Å²) in [6, 6.07) is 4.07. The molecule has 1 heterocycles. The zero-order valence-corrected chi connectivity index (χ0v) is 7.69. The van der Waals surface area contributed by atoms with Crippen LogP contribution in [0.1, 0.15) is 13.8 Å². The van der Waals surface area contributed by atoms with Gasteiger partial charge in [0.15, 0.2) is 0 Å². The van der Waals surface area contributed by atoms with E-state index in [-0.39, 0.29) is 0 Å². The summed E-state index contributed by atoms with van der Waals surface area (Å²) in [5.41, 5.74) is 0. The molecule has 2 heteroatoms. The van der Waals surface area contributed by atoms with Crippen LogP contribution in [-0.4, -0.2) is 10.7 Å². The minimum absolute atomic E-state index is 1.10. The molecule has 0 amide bonds. The first-order valence-electron chi connectivity index (χ1n) is 3.61. The third-order valence-electron chi connectivity index (χ3n) is 1.18. The predicted molar refractivity (Wildman–Crippen MR) is 49.6 cm³/mol. The average molecular weight is 166 g/mol. The lowest BCUT2D eigenvalue weighted by Crippen LogP contribution is -1.86. The van der Waals surface area contributed by atoms with Crippen LogP contribution in [0.5, 0.6) is 0 Å². The van der Waals surface area contributed by atoms with E-state index in [4.69, 9.17) is 0 Å². The molecule has 1 aromatic rings. The summed E-state index contributed by atoms with van der Waals surface area (Å²) < 4.78 is 0. The van der Waals surface area contributed by atoms with Crippen LogP contribution in [0.4, 0.5) is 0 Å². The summed E-state index contributed by atoms with van der Waals surface area (Å²) in [4.78, 5) is 5.25. The minimum Gasteiger partial charge on any atom is -0.265 e. The van der Waals surface area contributed by atoms with E-state index in [9.17, 15) is 0 Å². The highest BCUT2D eigenvalue weighted by atomic mass is 32.2. The first-order valence-corrected chi connectivity index (χ1v) is 4.59. The van der Waals surface area contributed by atoms with Gasteiger partial charge in [-0.05, 0) is 18.1 Å². The molecule has 0 atom stereocenters. The fourth-order valence-electron chi connectivity index (χ4n) is 0.662. The predicted octanol–water partition coefficient (Wildman–Crippen LogP) is 2.79. The van der Waals surface area contributed by atoms with Crippen molar-refractivity contribution >= 4 is 11.8 Å². The van der Waals surface area contributed by atoms with Crippen molar-refractivity contribution in [2.24, 2.45) is 0 Å². The fraction of sp³-hybridized carbons (Fsp3) is 0.333. The summed E-state index contributed by atoms with van der Waals surface area (Å²) >= 11 is 1.85. The quantitative estimate of drug-likeness (QED) is 0.640. The number of nitrogens with zero attached hydrogens (tertiary/aromatic N) is 1. The third-order valence-corrected chi connectivity index (χ3v) is 2.50. The van der Waals surface area contributed by atoms with E-state index >= 15 is 0 Å². The van der Waals surface area contributed by atoms with Gasteiger partial charge in [-0.25, -0.2) is 0 Å². The molecule has 1 radical (unpaired) electrons. The number of hydrogen-bond acceptors (Lipinski definition) is 2. The topological polar surface area (TPSA) is 12.9 Å². The van der Waals surface area contributed by atoms with Gasteiger partial charge in [-0.15, -0.1) is 11.8 Å². The van der Waals surface area contributed by atoms with Crippen molar-refractivity contribution in [3.8, 4) is 0 Å². The number of rotatable bonds is 3. The highest BCUT2D eigenvalue weighted by Gasteiger charge is 1.95. The zero-order chi connectivity index (χ0) is 8.10. The molecule has 0 aliphatic rings. The molecule has 1 aromatic heterocycles. The van der Waals surface area contributed by atoms with E-state index in [0.717, 1.165) is 5.75 Å². The Morgan fingerprint density at radius 3 is 2.55 bits per heavy atom. The molecule has 0 saturated carbocycles. The van der Waals surface area contributed by atoms with Crippen molar-refractivity contribution in [1.82, 2.24) is 4.98 Å². The van der Waals surface area contributed by atoms with E-state index in [1.54, 1.807) is 0 Å². The highest BCUT2D eigenvalue weighted by molar-refractivity contribution is 7.99. The van der Waals surface area contributed by atoms with Gasteiger partial charge in [0.05, 0.1) is 0 Å². The molecule has 0 aliphatic carbocycles. The van der Waals surface area contributed by atoms with Gasteiger partial charge in [0, 0.05) is 23.0 Å². The second-order valence-corrected chi connectivity index (χ2v) is 3.73. The summed E-state index contributed by atoms with van der Waals surface area (Å²) in [5, 5.41) is 0. The maximum atomic E-state index is 3.95. The normalized spacial score (nSPS) is 10.5. The van der Waals surface area contributed by atoms with Gasteiger partial charge in [0.2, 0.25) is 0 Å². The Morgan fingerprint density at radius 2 is 2.00 bits per heavy atom. The molecule has 0 saturated heterocycles. The van der Waals surface area contributed by atoms with Crippen LogP contribution in [0, 0.1) is 5.92 Å². The average Bonchev–Trinajstić information content (AvgIpc) is 2.03. The molecule has 0 aliphatic heterocycles. The molecule has 0 fully saturated rings. The van der Waals surface area contributed by atoms with Crippen LogP contribution in [0.15, 0.2) is 29.4 Å². The summed E-state index contributed by atoms with van der Waals surface area (Å²) in [6.45, 7) is 4.29. The van der Waals surface area contributed by atoms with Crippen molar-refractivity contribution in [1.29, 1.82) is 0 Å². The molecule has 0 bridgehead atoms. The molecule has 0 N–H and O–H groups in total. The van der Waals surface area contributed by atoms with Crippen LogP contribution in [0.25, 0.3) is 0 Å². The van der Waals surface area contributed by atoms with Gasteiger partial charge in [0.25, 0.3) is 0 Å². The number of pyridine rings is 1. The molecule has 1 nitrogen and oxygen atoms in total. The Bertz CT molecular complexity index is 196. The molecule has 1 rings (SSSR count). The van der Waals surface area contributed by atoms with E-state index < -0.39 is 0 Å². The molecule has 0 aromatic carbocycles. The molecule has 0 spiro atoms. The summed E-state index contributed by atoms with van der Waals surface area (Å²) in [5.74, 6) is 2.55. The van der Waals surface area contributed by atoms with Crippen LogP contribution < -0.4 is 0 Å². The molecule has 0 unspecified atom stereocenters. The monoisotopic (exact) mass is 166 g/mol. The van der Waals surface area contributed by atoms with Crippen LogP contribution >= 0.6 is 11.8 Å². The zero-order valence-electron chi connectivity index (χ0n) is 6.87. The number of thioether (sulfide) groups is 1. The van der Waals surface area contributed by atoms with Crippen molar-refractivity contribution < 1.29 is 0 Å². The standard InChI is InChI=1S/C9H12NS/c1-8(2)7-11-9-3-5-10-6-4-9/h3-6H,7H2,1-2H3. The Kier molecular flexibility index (Phi) is 3.43. The first-order chi connectivity index (χ1) is 5.29. The minimum atomic E-state index is 1.10. The second-order valence-electron chi connectivity index (χ2n) is 2.68. The molecule has 11 heavy (non-hydrogen) atoms. The fourth-order valence-corrected chi connectivity index (χ4v) is 1.43. The Labute approximate surface area is 72.2 Å². The van der Waals surface area contributed by atoms with E-state index in [0.29, 0.717) is 0 Å². The number of aromatic nitrogens is 1. The highest BCUT2D eigenvalue weighted by Crippen LogP contribution is 2.19. The lowest BCUT2D eigenvalue weighted by atomic mass is 10.3. The van der Waals surface area contributed by atoms with E-state index in [1.807, 2.05) is 36.3 Å². The van der Waals surface area contributed by atoms with E-state index in [1.165, 1.54) is 10.8 Å². The van der Waals surface area contributed by atoms with E-state index in [2.05, 4.69) is 18.8 Å². The van der Waals surface area contributed by atoms with Gasteiger partial charge in [-0.2, -0.15) is 0 Å². The van der Waals surface area contributed by atoms with Gasteiger partial charge in [0.1, 0.15) is 0 Å². The van der Waals surface area contributed by atoms with Gasteiger partial charge >= 0.3 is 0 Å². The van der Waals surface area contributed by atoms with Crippen LogP contribution in [0.2, 0.25) is 0 Å². The largest absolute Gasteiger partial charge is 0.265 e. The summed E-state index contributed by atoms with van der Waals surface area (Å²) in [6.07, 6.45) is 3.65. The lowest BCUT2D eigenvalue weighted by Gasteiger charge is -2.02. The SMILES string of the molecule is C[C](C)CSc1ccncc1. The Morgan fingerprint density at radius 1 is 1.36 bits per heavy atom. The third kappa shape index (κ3) is 3.42.